The van der Waals surface area contributed by atoms with Crippen molar-refractivity contribution in [1.82, 2.24) is 10.6 Å². The van der Waals surface area contributed by atoms with Gasteiger partial charge in [-0.1, -0.05) is 17.7 Å². The van der Waals surface area contributed by atoms with Gasteiger partial charge in [0.2, 0.25) is 0 Å². The second-order valence-electron chi connectivity index (χ2n) is 7.38. The molecule has 1 saturated heterocycles. The first kappa shape index (κ1) is 22.4. The average molecular weight is 450 g/mol. The zero-order valence-corrected chi connectivity index (χ0v) is 18.6. The lowest BCUT2D eigenvalue weighted by molar-refractivity contribution is -0.139. The molecule has 1 aliphatic rings. The van der Waals surface area contributed by atoms with E-state index >= 15 is 0 Å². The molecule has 30 heavy (non-hydrogen) atoms. The molecule has 2 N–H and O–H groups in total. The maximum absolute atomic E-state index is 13.4. The van der Waals surface area contributed by atoms with Gasteiger partial charge in [-0.05, 0) is 67.0 Å². The molecule has 1 atom stereocenters. The van der Waals surface area contributed by atoms with Gasteiger partial charge in [0.1, 0.15) is 5.82 Å². The number of halogens is 2. The number of rotatable bonds is 6. The summed E-state index contributed by atoms with van der Waals surface area (Å²) < 4.78 is 13.4. The van der Waals surface area contributed by atoms with E-state index in [0.29, 0.717) is 17.1 Å². The van der Waals surface area contributed by atoms with Crippen LogP contribution >= 0.6 is 23.4 Å². The number of aryl methyl sites for hydroxylation is 1. The van der Waals surface area contributed by atoms with Crippen LogP contribution < -0.4 is 15.5 Å². The number of nitrogens with zero attached hydrogens (tertiary/aromatic N) is 1. The molecule has 1 heterocycles. The van der Waals surface area contributed by atoms with Crippen LogP contribution in [0.4, 0.5) is 10.1 Å². The van der Waals surface area contributed by atoms with Crippen LogP contribution in [-0.4, -0.2) is 37.7 Å². The Morgan fingerprint density at radius 1 is 1.20 bits per heavy atom. The van der Waals surface area contributed by atoms with Crippen molar-refractivity contribution in [2.75, 3.05) is 30.8 Å². The smallest absolute Gasteiger partial charge is 0.309 e. The van der Waals surface area contributed by atoms with E-state index in [1.165, 1.54) is 23.9 Å². The topological polar surface area (TPSA) is 61.4 Å². The third-order valence-electron chi connectivity index (χ3n) is 5.24. The van der Waals surface area contributed by atoms with Gasteiger partial charge < -0.3 is 15.5 Å². The van der Waals surface area contributed by atoms with Crippen molar-refractivity contribution >= 4 is 40.9 Å². The number of hydrogen-bond donors (Lipinski definition) is 2. The molecule has 0 aromatic heterocycles. The molecule has 1 fully saturated rings. The summed E-state index contributed by atoms with van der Waals surface area (Å²) >= 11 is 7.58. The van der Waals surface area contributed by atoms with E-state index in [2.05, 4.69) is 15.5 Å². The number of nitrogens with one attached hydrogen (secondary N) is 2. The highest BCUT2D eigenvalue weighted by molar-refractivity contribution is 7.98. The lowest BCUT2D eigenvalue weighted by Gasteiger charge is -2.21. The van der Waals surface area contributed by atoms with Gasteiger partial charge in [0, 0.05) is 41.8 Å². The Kier molecular flexibility index (Phi) is 7.61. The Morgan fingerprint density at radius 3 is 2.73 bits per heavy atom. The van der Waals surface area contributed by atoms with Gasteiger partial charge in [0.25, 0.3) is 0 Å². The van der Waals surface area contributed by atoms with Crippen molar-refractivity contribution in [2.24, 2.45) is 5.92 Å². The van der Waals surface area contributed by atoms with Crippen LogP contribution in [0.5, 0.6) is 0 Å². The number of anilines is 1. The van der Waals surface area contributed by atoms with Gasteiger partial charge >= 0.3 is 11.8 Å². The number of benzene rings is 2. The summed E-state index contributed by atoms with van der Waals surface area (Å²) in [4.78, 5) is 27.4. The first-order chi connectivity index (χ1) is 14.4. The van der Waals surface area contributed by atoms with Crippen molar-refractivity contribution in [1.29, 1.82) is 0 Å². The molecule has 2 aromatic carbocycles. The van der Waals surface area contributed by atoms with Gasteiger partial charge in [0.05, 0.1) is 0 Å². The third kappa shape index (κ3) is 5.67. The second-order valence-corrected chi connectivity index (χ2v) is 8.66. The molecule has 160 valence electrons. The number of carbonyl (C=O) groups is 2. The van der Waals surface area contributed by atoms with E-state index in [4.69, 9.17) is 11.6 Å². The molecule has 5 nitrogen and oxygen atoms in total. The van der Waals surface area contributed by atoms with Crippen molar-refractivity contribution in [3.8, 4) is 0 Å². The first-order valence-electron chi connectivity index (χ1n) is 9.77. The van der Waals surface area contributed by atoms with Gasteiger partial charge in [0.15, 0.2) is 0 Å². The number of carbonyl (C=O) groups excluding carboxylic acids is 2. The van der Waals surface area contributed by atoms with E-state index < -0.39 is 11.8 Å². The molecule has 0 bridgehead atoms. The zero-order chi connectivity index (χ0) is 21.7. The third-order valence-corrected chi connectivity index (χ3v) is 6.31. The summed E-state index contributed by atoms with van der Waals surface area (Å²) in [6.07, 6.45) is 2.80. The number of thioether (sulfide) groups is 1. The summed E-state index contributed by atoms with van der Waals surface area (Å²) in [7, 11) is 0. The molecular formula is C22H25ClFN3O2S. The highest BCUT2D eigenvalue weighted by atomic mass is 35.5. The summed E-state index contributed by atoms with van der Waals surface area (Å²) in [6.45, 7) is 4.25. The number of hydrogen-bond acceptors (Lipinski definition) is 4. The molecule has 8 heteroatoms. The Labute approximate surface area is 185 Å². The van der Waals surface area contributed by atoms with E-state index in [0.717, 1.165) is 35.7 Å². The molecule has 0 aliphatic carbocycles. The average Bonchev–Trinajstić information content (AvgIpc) is 3.20. The maximum atomic E-state index is 13.4. The highest BCUT2D eigenvalue weighted by Crippen LogP contribution is 2.29. The van der Waals surface area contributed by atoms with Crippen LogP contribution in [0.25, 0.3) is 0 Å². The lowest BCUT2D eigenvalue weighted by atomic mass is 10.1. The summed E-state index contributed by atoms with van der Waals surface area (Å²) in [5.74, 6) is -1.50. The fourth-order valence-electron chi connectivity index (χ4n) is 3.60. The van der Waals surface area contributed by atoms with Gasteiger partial charge in [-0.25, -0.2) is 4.39 Å². The van der Waals surface area contributed by atoms with Crippen LogP contribution in [0.2, 0.25) is 5.02 Å². The molecule has 1 aliphatic heterocycles. The van der Waals surface area contributed by atoms with E-state index in [1.807, 2.05) is 31.4 Å². The molecule has 0 spiro atoms. The minimum absolute atomic E-state index is 0.103. The van der Waals surface area contributed by atoms with E-state index in [1.54, 1.807) is 6.07 Å². The minimum Gasteiger partial charge on any atom is -0.371 e. The normalized spacial score (nSPS) is 15.9. The first-order valence-corrected chi connectivity index (χ1v) is 11.4. The molecule has 2 aromatic rings. The van der Waals surface area contributed by atoms with Crippen LogP contribution in [0.15, 0.2) is 41.3 Å². The molecule has 3 rings (SSSR count). The Hall–Kier alpha value is -2.25. The van der Waals surface area contributed by atoms with Crippen LogP contribution in [-0.2, 0) is 16.1 Å². The second kappa shape index (κ2) is 10.2. The summed E-state index contributed by atoms with van der Waals surface area (Å²) in [5, 5.41) is 5.98. The van der Waals surface area contributed by atoms with Crippen LogP contribution in [0.1, 0.15) is 17.5 Å². The molecule has 0 saturated carbocycles. The Bertz CT molecular complexity index is 941. The van der Waals surface area contributed by atoms with Crippen molar-refractivity contribution < 1.29 is 14.0 Å². The number of amides is 2. The predicted molar refractivity (Wildman–Crippen MR) is 120 cm³/mol. The van der Waals surface area contributed by atoms with Gasteiger partial charge in [-0.3, -0.25) is 9.59 Å². The maximum Gasteiger partial charge on any atom is 0.309 e. The molecule has 2 amide bonds. The molecule has 1 unspecified atom stereocenters. The van der Waals surface area contributed by atoms with Crippen molar-refractivity contribution in [3.63, 3.8) is 0 Å². The summed E-state index contributed by atoms with van der Waals surface area (Å²) in [5.41, 5.74) is 2.91. The van der Waals surface area contributed by atoms with Gasteiger partial charge in [-0.2, -0.15) is 0 Å². The predicted octanol–water partition coefficient (Wildman–Crippen LogP) is 3.77. The lowest BCUT2D eigenvalue weighted by Crippen LogP contribution is -2.41. The molecule has 0 radical (unpaired) electrons. The van der Waals surface area contributed by atoms with Crippen molar-refractivity contribution in [3.05, 3.63) is 58.4 Å². The minimum atomic E-state index is -0.716. The fraction of sp³-hybridized carbons (Fsp3) is 0.364. The Morgan fingerprint density at radius 2 is 1.97 bits per heavy atom. The van der Waals surface area contributed by atoms with Crippen LogP contribution in [0, 0.1) is 18.7 Å². The molecular weight excluding hydrogens is 425 g/mol. The Balaban J connectivity index is 1.47. The quantitative estimate of drug-likeness (QED) is 0.520. The van der Waals surface area contributed by atoms with Crippen LogP contribution in [0.3, 0.4) is 0 Å². The van der Waals surface area contributed by atoms with Gasteiger partial charge in [-0.15, -0.1) is 11.8 Å². The largest absolute Gasteiger partial charge is 0.371 e. The fourth-order valence-corrected chi connectivity index (χ4v) is 4.36. The van der Waals surface area contributed by atoms with E-state index in [9.17, 15) is 14.0 Å². The summed E-state index contributed by atoms with van der Waals surface area (Å²) in [6, 6.07) is 10.2. The SMILES string of the molecule is CSc1ccc(F)cc1CNC(=O)C(=O)NCC1CCN(c2cc(Cl)ccc2C)C1. The highest BCUT2D eigenvalue weighted by Gasteiger charge is 2.25. The zero-order valence-electron chi connectivity index (χ0n) is 17.0. The monoisotopic (exact) mass is 449 g/mol. The standard InChI is InChI=1S/C22H25ClFN3O2S/c1-14-3-4-17(23)10-19(14)27-8-7-15(13-27)11-25-21(28)22(29)26-12-16-9-18(24)5-6-20(16)30-2/h3-6,9-10,15H,7-8,11-13H2,1-2H3,(H,25,28)(H,26,29). The van der Waals surface area contributed by atoms with Crippen molar-refractivity contribution in [2.45, 2.75) is 24.8 Å². The van der Waals surface area contributed by atoms with E-state index in [-0.39, 0.29) is 18.3 Å².